The van der Waals surface area contributed by atoms with Gasteiger partial charge in [0.15, 0.2) is 6.29 Å². The number of ether oxygens (including phenoxy) is 5. The van der Waals surface area contributed by atoms with Crippen molar-refractivity contribution in [1.29, 1.82) is 0 Å². The Morgan fingerprint density at radius 1 is 0.645 bits per heavy atom. The van der Waals surface area contributed by atoms with E-state index in [1.807, 2.05) is 0 Å². The topological polar surface area (TPSA) is 46.2 Å². The van der Waals surface area contributed by atoms with Crippen molar-refractivity contribution in [3.63, 3.8) is 0 Å². The van der Waals surface area contributed by atoms with Gasteiger partial charge in [0.2, 0.25) is 0 Å². The van der Waals surface area contributed by atoms with Gasteiger partial charge in [0.1, 0.15) is 17.8 Å². The molecule has 0 spiro atoms. The fourth-order valence-corrected chi connectivity index (χ4v) is 4.03. The lowest BCUT2D eigenvalue weighted by atomic mass is 9.96. The minimum atomic E-state index is -0.608. The molecule has 0 N–H and O–H groups in total. The molecule has 1 aliphatic heterocycles. The SMILES string of the molecule is CCCCCOC[C@H]1OC(OCCCCC)[C@](C)(OCCCCC)[C@@H]1OCCCCC. The maximum Gasteiger partial charge on any atom is 0.189 e. The van der Waals surface area contributed by atoms with Crippen LogP contribution in [0.4, 0.5) is 0 Å². The van der Waals surface area contributed by atoms with Crippen LogP contribution in [0.1, 0.15) is 112 Å². The fraction of sp³-hybridized carbons (Fsp3) is 1.00. The van der Waals surface area contributed by atoms with Crippen LogP contribution < -0.4 is 0 Å². The third kappa shape index (κ3) is 11.0. The van der Waals surface area contributed by atoms with Gasteiger partial charge in [0.05, 0.1) is 6.61 Å². The molecule has 0 amide bonds. The van der Waals surface area contributed by atoms with E-state index in [2.05, 4.69) is 34.6 Å². The van der Waals surface area contributed by atoms with Crippen LogP contribution in [0.15, 0.2) is 0 Å². The second-order valence-corrected chi connectivity index (χ2v) is 9.10. The summed E-state index contributed by atoms with van der Waals surface area (Å²) in [6.45, 7) is 14.4. The maximum atomic E-state index is 6.48. The molecule has 1 aliphatic rings. The highest BCUT2D eigenvalue weighted by Gasteiger charge is 2.56. The molecule has 0 aliphatic carbocycles. The minimum Gasteiger partial charge on any atom is -0.379 e. The molecular weight excluding hydrogens is 392 g/mol. The van der Waals surface area contributed by atoms with Crippen LogP contribution >= 0.6 is 0 Å². The van der Waals surface area contributed by atoms with Gasteiger partial charge >= 0.3 is 0 Å². The Morgan fingerprint density at radius 2 is 1.16 bits per heavy atom. The first kappa shape index (κ1) is 28.8. The third-order valence-electron chi connectivity index (χ3n) is 6.07. The Labute approximate surface area is 192 Å². The Bertz CT molecular complexity index is 405. The second-order valence-electron chi connectivity index (χ2n) is 9.10. The van der Waals surface area contributed by atoms with Crippen LogP contribution in [-0.4, -0.2) is 57.1 Å². The van der Waals surface area contributed by atoms with E-state index in [1.54, 1.807) is 0 Å². The van der Waals surface area contributed by atoms with E-state index in [0.29, 0.717) is 19.8 Å². The monoisotopic (exact) mass is 444 g/mol. The Balaban J connectivity index is 2.80. The van der Waals surface area contributed by atoms with Crippen LogP contribution in [-0.2, 0) is 23.7 Å². The van der Waals surface area contributed by atoms with Gasteiger partial charge in [-0.2, -0.15) is 0 Å². The van der Waals surface area contributed by atoms with Crippen LogP contribution in [0.25, 0.3) is 0 Å². The van der Waals surface area contributed by atoms with E-state index in [9.17, 15) is 0 Å². The molecule has 1 saturated heterocycles. The summed E-state index contributed by atoms with van der Waals surface area (Å²) in [5.74, 6) is 0. The van der Waals surface area contributed by atoms with Gasteiger partial charge in [-0.15, -0.1) is 0 Å². The highest BCUT2D eigenvalue weighted by Crippen LogP contribution is 2.38. The normalized spacial score (nSPS) is 26.0. The molecule has 0 bridgehead atoms. The van der Waals surface area contributed by atoms with Crippen LogP contribution in [0, 0.1) is 0 Å². The standard InChI is InChI=1S/C26H52O5/c1-6-10-14-18-27-22-23-24(28-19-15-11-7-2)26(5,30-21-17-13-9-4)25(31-23)29-20-16-12-8-3/h23-25H,6-22H2,1-5H3/t23-,24-,25?,26-/m1/s1. The molecule has 0 aromatic heterocycles. The number of unbranched alkanes of at least 4 members (excludes halogenated alkanes) is 8. The highest BCUT2D eigenvalue weighted by atomic mass is 16.7. The number of rotatable bonds is 21. The molecule has 5 nitrogen and oxygen atoms in total. The zero-order valence-electron chi connectivity index (χ0n) is 21.3. The average molecular weight is 445 g/mol. The van der Waals surface area contributed by atoms with Crippen LogP contribution in [0.2, 0.25) is 0 Å². The molecule has 186 valence electrons. The zero-order valence-corrected chi connectivity index (χ0v) is 21.3. The Kier molecular flexibility index (Phi) is 17.0. The molecule has 1 rings (SSSR count). The first-order valence-corrected chi connectivity index (χ1v) is 13.2. The van der Waals surface area contributed by atoms with Gasteiger partial charge in [-0.3, -0.25) is 0 Å². The second kappa shape index (κ2) is 18.3. The summed E-state index contributed by atoms with van der Waals surface area (Å²) in [5, 5.41) is 0. The lowest BCUT2D eigenvalue weighted by Crippen LogP contribution is -2.51. The van der Waals surface area contributed by atoms with Crippen molar-refractivity contribution in [3.05, 3.63) is 0 Å². The first-order valence-electron chi connectivity index (χ1n) is 13.2. The van der Waals surface area contributed by atoms with E-state index >= 15 is 0 Å². The van der Waals surface area contributed by atoms with Gasteiger partial charge in [-0.05, 0) is 32.6 Å². The smallest absolute Gasteiger partial charge is 0.189 e. The van der Waals surface area contributed by atoms with Crippen molar-refractivity contribution in [3.8, 4) is 0 Å². The molecule has 5 heteroatoms. The fourth-order valence-electron chi connectivity index (χ4n) is 4.03. The lowest BCUT2D eigenvalue weighted by molar-refractivity contribution is -0.222. The summed E-state index contributed by atoms with van der Waals surface area (Å²) < 4.78 is 31.5. The third-order valence-corrected chi connectivity index (χ3v) is 6.07. The van der Waals surface area contributed by atoms with Crippen molar-refractivity contribution in [2.24, 2.45) is 0 Å². The van der Waals surface area contributed by atoms with Crippen molar-refractivity contribution in [2.75, 3.05) is 33.0 Å². The van der Waals surface area contributed by atoms with Crippen molar-refractivity contribution in [1.82, 2.24) is 0 Å². The predicted molar refractivity (Wildman–Crippen MR) is 128 cm³/mol. The van der Waals surface area contributed by atoms with Crippen molar-refractivity contribution in [2.45, 2.75) is 136 Å². The van der Waals surface area contributed by atoms with Gasteiger partial charge in [0, 0.05) is 26.4 Å². The summed E-state index contributed by atoms with van der Waals surface area (Å²) in [7, 11) is 0. The molecule has 0 saturated carbocycles. The van der Waals surface area contributed by atoms with Crippen molar-refractivity contribution < 1.29 is 23.7 Å². The maximum absolute atomic E-state index is 6.48. The van der Waals surface area contributed by atoms with Crippen molar-refractivity contribution >= 4 is 0 Å². The predicted octanol–water partition coefficient (Wildman–Crippen LogP) is 6.67. The summed E-state index contributed by atoms with van der Waals surface area (Å²) in [6, 6.07) is 0. The molecule has 31 heavy (non-hydrogen) atoms. The minimum absolute atomic E-state index is 0.157. The van der Waals surface area contributed by atoms with E-state index in [0.717, 1.165) is 38.9 Å². The molecule has 0 radical (unpaired) electrons. The van der Waals surface area contributed by atoms with Gasteiger partial charge < -0.3 is 23.7 Å². The van der Waals surface area contributed by atoms with Gasteiger partial charge in [-0.1, -0.05) is 79.1 Å². The highest BCUT2D eigenvalue weighted by molar-refractivity contribution is 5.00. The van der Waals surface area contributed by atoms with E-state index in [4.69, 9.17) is 23.7 Å². The molecular formula is C26H52O5. The van der Waals surface area contributed by atoms with Gasteiger partial charge in [0.25, 0.3) is 0 Å². The van der Waals surface area contributed by atoms with E-state index in [-0.39, 0.29) is 12.2 Å². The molecule has 1 unspecified atom stereocenters. The quantitative estimate of drug-likeness (QED) is 0.185. The molecule has 4 atom stereocenters. The molecule has 1 heterocycles. The van der Waals surface area contributed by atoms with Crippen LogP contribution in [0.5, 0.6) is 0 Å². The van der Waals surface area contributed by atoms with E-state index in [1.165, 1.54) is 51.4 Å². The average Bonchev–Trinajstić information content (AvgIpc) is 3.03. The zero-order chi connectivity index (χ0) is 22.8. The van der Waals surface area contributed by atoms with Crippen LogP contribution in [0.3, 0.4) is 0 Å². The van der Waals surface area contributed by atoms with Gasteiger partial charge in [-0.25, -0.2) is 0 Å². The lowest BCUT2D eigenvalue weighted by Gasteiger charge is -2.35. The summed E-state index contributed by atoms with van der Waals surface area (Å²) in [4.78, 5) is 0. The number of hydrogen-bond donors (Lipinski definition) is 0. The Hall–Kier alpha value is -0.200. The summed E-state index contributed by atoms with van der Waals surface area (Å²) >= 11 is 0. The largest absolute Gasteiger partial charge is 0.379 e. The molecule has 0 aromatic carbocycles. The Morgan fingerprint density at radius 3 is 1.74 bits per heavy atom. The summed E-state index contributed by atoms with van der Waals surface area (Å²) in [6.07, 6.45) is 13.0. The molecule has 1 fully saturated rings. The first-order chi connectivity index (χ1) is 15.1. The summed E-state index contributed by atoms with van der Waals surface area (Å²) in [5.41, 5.74) is -0.608. The van der Waals surface area contributed by atoms with E-state index < -0.39 is 11.9 Å². The number of hydrogen-bond acceptors (Lipinski definition) is 5. The molecule has 0 aromatic rings.